The Bertz CT molecular complexity index is 1070. The van der Waals surface area contributed by atoms with Gasteiger partial charge in [-0.3, -0.25) is 4.79 Å². The summed E-state index contributed by atoms with van der Waals surface area (Å²) in [5.41, 5.74) is 7.92. The highest BCUT2D eigenvalue weighted by atomic mass is 35.5. The summed E-state index contributed by atoms with van der Waals surface area (Å²) in [7, 11) is 0. The van der Waals surface area contributed by atoms with Crippen molar-refractivity contribution < 1.29 is 4.79 Å². The molecule has 7 nitrogen and oxygen atoms in total. The van der Waals surface area contributed by atoms with Crippen molar-refractivity contribution in [3.05, 3.63) is 58.9 Å². The Labute approximate surface area is 194 Å². The van der Waals surface area contributed by atoms with Crippen LogP contribution < -0.4 is 16.4 Å². The molecule has 1 aliphatic rings. The summed E-state index contributed by atoms with van der Waals surface area (Å²) in [4.78, 5) is 16.0. The summed E-state index contributed by atoms with van der Waals surface area (Å²) in [6.07, 6.45) is 6.00. The first-order chi connectivity index (χ1) is 15.2. The first kappa shape index (κ1) is 23.6. The van der Waals surface area contributed by atoms with Crippen LogP contribution in [0.1, 0.15) is 62.1 Å². The second kappa shape index (κ2) is 10.5. The number of aryl methyl sites for hydroxylation is 1. The summed E-state index contributed by atoms with van der Waals surface area (Å²) in [6.45, 7) is 8.36. The Kier molecular flexibility index (Phi) is 7.75. The largest absolute Gasteiger partial charge is 0.366 e. The quantitative estimate of drug-likeness (QED) is 0.411. The fourth-order valence-corrected chi connectivity index (χ4v) is 3.45. The third-order valence-corrected chi connectivity index (χ3v) is 5.62. The SMILES string of the molecule is CC1CCC1.Cc1cc(Nc2cc(Nc3ccccc3C(N)=O)c(Cl)cn2)n(C(C)C)n1. The standard InChI is InChI=1S/C19H21ClN6O.C5H10/c1-11(2)26-18(8-12(3)25-26)24-17-9-16(14(20)10-22-17)23-15-7-5-4-6-13(15)19(21)27;1-5-3-2-4-5/h4-11H,1-3H3,(H2,21,27)(H2,22,23,24);5H,2-4H2,1H3. The van der Waals surface area contributed by atoms with E-state index in [1.54, 1.807) is 30.5 Å². The normalized spacial score (nSPS) is 13.2. The molecule has 1 saturated carbocycles. The van der Waals surface area contributed by atoms with Crippen LogP contribution >= 0.6 is 11.6 Å². The Morgan fingerprint density at radius 1 is 1.19 bits per heavy atom. The van der Waals surface area contributed by atoms with E-state index in [2.05, 4.69) is 41.5 Å². The highest BCUT2D eigenvalue weighted by Crippen LogP contribution is 2.30. The van der Waals surface area contributed by atoms with E-state index in [0.717, 1.165) is 17.4 Å². The zero-order valence-corrected chi connectivity index (χ0v) is 19.8. The van der Waals surface area contributed by atoms with E-state index in [1.807, 2.05) is 23.7 Å². The van der Waals surface area contributed by atoms with Gasteiger partial charge in [0, 0.05) is 18.2 Å². The molecule has 0 aliphatic heterocycles. The molecule has 0 atom stereocenters. The van der Waals surface area contributed by atoms with Crippen LogP contribution in [-0.4, -0.2) is 20.7 Å². The highest BCUT2D eigenvalue weighted by Gasteiger charge is 2.13. The van der Waals surface area contributed by atoms with Crippen molar-refractivity contribution in [2.45, 2.75) is 53.0 Å². The number of nitrogens with one attached hydrogen (secondary N) is 2. The number of hydrogen-bond acceptors (Lipinski definition) is 5. The molecule has 0 saturated heterocycles. The molecule has 0 radical (unpaired) electrons. The minimum absolute atomic E-state index is 0.202. The number of halogens is 1. The molecule has 1 fully saturated rings. The van der Waals surface area contributed by atoms with E-state index in [9.17, 15) is 4.79 Å². The summed E-state index contributed by atoms with van der Waals surface area (Å²) >= 11 is 6.28. The van der Waals surface area contributed by atoms with Crippen molar-refractivity contribution in [3.63, 3.8) is 0 Å². The van der Waals surface area contributed by atoms with Crippen LogP contribution in [0.25, 0.3) is 0 Å². The molecule has 2 aromatic heterocycles. The predicted molar refractivity (Wildman–Crippen MR) is 131 cm³/mol. The van der Waals surface area contributed by atoms with Crippen LogP contribution in [0.15, 0.2) is 42.6 Å². The van der Waals surface area contributed by atoms with Crippen molar-refractivity contribution >= 4 is 40.5 Å². The molecular formula is C24H31ClN6O. The van der Waals surface area contributed by atoms with Crippen molar-refractivity contribution in [2.24, 2.45) is 11.7 Å². The molecule has 3 aromatic rings. The maximum atomic E-state index is 11.6. The topological polar surface area (TPSA) is 97.9 Å². The lowest BCUT2D eigenvalue weighted by Crippen LogP contribution is -2.13. The van der Waals surface area contributed by atoms with Crippen molar-refractivity contribution in [2.75, 3.05) is 10.6 Å². The van der Waals surface area contributed by atoms with E-state index in [1.165, 1.54) is 19.3 Å². The van der Waals surface area contributed by atoms with Crippen LogP contribution in [0.3, 0.4) is 0 Å². The number of hydrogen-bond donors (Lipinski definition) is 3. The Hall–Kier alpha value is -3.06. The lowest BCUT2D eigenvalue weighted by molar-refractivity contribution is 0.100. The van der Waals surface area contributed by atoms with Gasteiger partial charge < -0.3 is 16.4 Å². The van der Waals surface area contributed by atoms with Gasteiger partial charge in [0.15, 0.2) is 0 Å². The number of nitrogens with two attached hydrogens (primary N) is 1. The van der Waals surface area contributed by atoms with Crippen molar-refractivity contribution in [1.29, 1.82) is 0 Å². The van der Waals surface area contributed by atoms with Gasteiger partial charge in [-0.1, -0.05) is 49.9 Å². The van der Waals surface area contributed by atoms with E-state index < -0.39 is 5.91 Å². The fourth-order valence-electron chi connectivity index (χ4n) is 3.30. The number of rotatable bonds is 6. The van der Waals surface area contributed by atoms with Crippen LogP contribution in [0.2, 0.25) is 5.02 Å². The minimum Gasteiger partial charge on any atom is -0.366 e. The Morgan fingerprint density at radius 2 is 1.88 bits per heavy atom. The van der Waals surface area contributed by atoms with Gasteiger partial charge in [0.05, 0.1) is 33.9 Å². The zero-order valence-electron chi connectivity index (χ0n) is 19.0. The summed E-state index contributed by atoms with van der Waals surface area (Å²) in [5, 5.41) is 11.3. The van der Waals surface area contributed by atoms with Crippen molar-refractivity contribution in [3.8, 4) is 0 Å². The number of anilines is 4. The van der Waals surface area contributed by atoms with Crippen molar-refractivity contribution in [1.82, 2.24) is 14.8 Å². The predicted octanol–water partition coefficient (Wildman–Crippen LogP) is 6.21. The van der Waals surface area contributed by atoms with E-state index in [-0.39, 0.29) is 6.04 Å². The van der Waals surface area contributed by atoms with Crippen LogP contribution in [-0.2, 0) is 0 Å². The summed E-state index contributed by atoms with van der Waals surface area (Å²) < 4.78 is 1.89. The van der Waals surface area contributed by atoms with Crippen LogP contribution in [0, 0.1) is 12.8 Å². The maximum Gasteiger partial charge on any atom is 0.250 e. The fraction of sp³-hybridized carbons (Fsp3) is 0.375. The van der Waals surface area contributed by atoms with Gasteiger partial charge in [-0.25, -0.2) is 9.67 Å². The summed E-state index contributed by atoms with van der Waals surface area (Å²) in [6, 6.07) is 10.9. The molecular weight excluding hydrogens is 424 g/mol. The first-order valence-electron chi connectivity index (χ1n) is 10.9. The Morgan fingerprint density at radius 3 is 2.47 bits per heavy atom. The number of pyridine rings is 1. The third kappa shape index (κ3) is 6.01. The minimum atomic E-state index is -0.516. The second-order valence-corrected chi connectivity index (χ2v) is 8.86. The molecule has 4 N–H and O–H groups in total. The molecule has 2 heterocycles. The average molecular weight is 455 g/mol. The third-order valence-electron chi connectivity index (χ3n) is 5.31. The molecule has 170 valence electrons. The van der Waals surface area contributed by atoms with Crippen LogP contribution in [0.5, 0.6) is 0 Å². The number of carbonyl (C=O) groups excluding carboxylic acids is 1. The molecule has 1 amide bonds. The van der Waals surface area contributed by atoms with Gasteiger partial charge in [0.1, 0.15) is 11.6 Å². The van der Waals surface area contributed by atoms with E-state index >= 15 is 0 Å². The van der Waals surface area contributed by atoms with Gasteiger partial charge in [-0.15, -0.1) is 0 Å². The summed E-state index contributed by atoms with van der Waals surface area (Å²) in [5.74, 6) is 1.98. The maximum absolute atomic E-state index is 11.6. The molecule has 32 heavy (non-hydrogen) atoms. The number of nitrogens with zero attached hydrogens (tertiary/aromatic N) is 3. The Balaban J connectivity index is 0.000000509. The molecule has 0 unspecified atom stereocenters. The lowest BCUT2D eigenvalue weighted by Gasteiger charge is -2.18. The van der Waals surface area contributed by atoms with Gasteiger partial charge in [-0.05, 0) is 38.8 Å². The molecule has 0 spiro atoms. The van der Waals surface area contributed by atoms with Gasteiger partial charge in [0.25, 0.3) is 5.91 Å². The van der Waals surface area contributed by atoms with Crippen LogP contribution in [0.4, 0.5) is 23.0 Å². The number of amides is 1. The zero-order chi connectivity index (χ0) is 23.3. The van der Waals surface area contributed by atoms with E-state index in [4.69, 9.17) is 17.3 Å². The first-order valence-corrected chi connectivity index (χ1v) is 11.3. The lowest BCUT2D eigenvalue weighted by atomic mass is 9.88. The number of aromatic nitrogens is 3. The molecule has 0 bridgehead atoms. The van der Waals surface area contributed by atoms with Gasteiger partial charge in [-0.2, -0.15) is 5.10 Å². The number of carbonyl (C=O) groups is 1. The van der Waals surface area contributed by atoms with E-state index in [0.29, 0.717) is 27.8 Å². The number of benzene rings is 1. The molecule has 8 heteroatoms. The molecule has 1 aliphatic carbocycles. The smallest absolute Gasteiger partial charge is 0.250 e. The van der Waals surface area contributed by atoms with Gasteiger partial charge >= 0.3 is 0 Å². The van der Waals surface area contributed by atoms with Gasteiger partial charge in [0.2, 0.25) is 0 Å². The highest BCUT2D eigenvalue weighted by molar-refractivity contribution is 6.33. The average Bonchev–Trinajstić information content (AvgIpc) is 3.10. The second-order valence-electron chi connectivity index (χ2n) is 8.45. The number of primary amides is 1. The monoisotopic (exact) mass is 454 g/mol. The number of para-hydroxylation sites is 1. The molecule has 4 rings (SSSR count). The molecule has 1 aromatic carbocycles.